The molecule has 0 spiro atoms. The Morgan fingerprint density at radius 2 is 2.14 bits per heavy atom. The van der Waals surface area contributed by atoms with Crippen LogP contribution < -0.4 is 4.72 Å². The average molecular weight is 222 g/mol. The summed E-state index contributed by atoms with van der Waals surface area (Å²) in [5.41, 5.74) is 0. The first-order chi connectivity index (χ1) is 6.43. The van der Waals surface area contributed by atoms with Crippen molar-refractivity contribution in [3.05, 3.63) is 0 Å². The van der Waals surface area contributed by atoms with Gasteiger partial charge in [0.2, 0.25) is 10.0 Å². The maximum Gasteiger partial charge on any atom is 0.321 e. The third-order valence-electron chi connectivity index (χ3n) is 1.29. The Bertz CT molecular complexity index is 331. The van der Waals surface area contributed by atoms with E-state index in [2.05, 4.69) is 0 Å². The van der Waals surface area contributed by atoms with E-state index in [0.717, 1.165) is 0 Å². The van der Waals surface area contributed by atoms with Crippen molar-refractivity contribution in [2.45, 2.75) is 12.5 Å². The lowest BCUT2D eigenvalue weighted by atomic mass is 10.2. The Hall–Kier alpha value is -1.17. The maximum absolute atomic E-state index is 10.9. The van der Waals surface area contributed by atoms with Crippen molar-refractivity contribution in [2.24, 2.45) is 0 Å². The Morgan fingerprint density at radius 3 is 2.50 bits per heavy atom. The molecule has 0 unspecified atom stereocenters. The maximum atomic E-state index is 10.9. The summed E-state index contributed by atoms with van der Waals surface area (Å²) < 4.78 is 23.7. The fraction of sp³-hybridized carbons (Fsp3) is 0.667. The number of hydrogen-bond acceptors (Lipinski definition) is 5. The van der Waals surface area contributed by atoms with Gasteiger partial charge in [0, 0.05) is 6.61 Å². The highest BCUT2D eigenvalue weighted by atomic mass is 32.2. The van der Waals surface area contributed by atoms with Crippen LogP contribution in [0.5, 0.6) is 0 Å². The fourth-order valence-corrected chi connectivity index (χ4v) is 1.61. The number of nitrogens with zero attached hydrogens (tertiary/aromatic N) is 1. The molecule has 0 aliphatic rings. The Morgan fingerprint density at radius 1 is 1.57 bits per heavy atom. The van der Waals surface area contributed by atoms with Gasteiger partial charge in [-0.3, -0.25) is 4.79 Å². The molecule has 0 aromatic rings. The van der Waals surface area contributed by atoms with Crippen molar-refractivity contribution in [3.63, 3.8) is 0 Å². The van der Waals surface area contributed by atoms with E-state index >= 15 is 0 Å². The molecule has 80 valence electrons. The molecule has 0 rings (SSSR count). The van der Waals surface area contributed by atoms with E-state index < -0.39 is 34.4 Å². The number of nitriles is 1. The molecular weight excluding hydrogens is 212 g/mol. The highest BCUT2D eigenvalue weighted by Gasteiger charge is 2.22. The van der Waals surface area contributed by atoms with E-state index in [1.165, 1.54) is 6.07 Å². The monoisotopic (exact) mass is 222 g/mol. The number of sulfonamides is 1. The minimum Gasteiger partial charge on any atom is -0.480 e. The van der Waals surface area contributed by atoms with Crippen molar-refractivity contribution >= 4 is 16.0 Å². The third-order valence-corrected chi connectivity index (χ3v) is 2.45. The van der Waals surface area contributed by atoms with Crippen LogP contribution >= 0.6 is 0 Å². The second-order valence-corrected chi connectivity index (χ2v) is 4.19. The van der Waals surface area contributed by atoms with Crippen molar-refractivity contribution in [3.8, 4) is 6.07 Å². The molecule has 0 saturated carbocycles. The lowest BCUT2D eigenvalue weighted by Crippen LogP contribution is -2.42. The van der Waals surface area contributed by atoms with E-state index in [1.54, 1.807) is 4.72 Å². The molecule has 0 fully saturated rings. The molecule has 0 aliphatic heterocycles. The van der Waals surface area contributed by atoms with Crippen molar-refractivity contribution < 1.29 is 23.4 Å². The van der Waals surface area contributed by atoms with E-state index in [1.807, 2.05) is 0 Å². The number of aliphatic carboxylic acids is 1. The second kappa shape index (κ2) is 5.54. The molecule has 0 aromatic carbocycles. The number of carboxylic acid groups (broad SMARTS) is 1. The summed E-state index contributed by atoms with van der Waals surface area (Å²) in [5.74, 6) is -2.19. The first kappa shape index (κ1) is 12.8. The molecule has 0 aliphatic carbocycles. The molecule has 1 atom stereocenters. The van der Waals surface area contributed by atoms with Gasteiger partial charge in [0.05, 0.1) is 6.07 Å². The summed E-state index contributed by atoms with van der Waals surface area (Å²) in [7, 11) is -3.90. The summed E-state index contributed by atoms with van der Waals surface area (Å²) in [6, 6.07) is -0.00194. The third kappa shape index (κ3) is 4.76. The van der Waals surface area contributed by atoms with E-state index in [4.69, 9.17) is 15.5 Å². The first-order valence-corrected chi connectivity index (χ1v) is 5.29. The summed E-state index contributed by atoms with van der Waals surface area (Å²) >= 11 is 0. The first-order valence-electron chi connectivity index (χ1n) is 3.63. The molecule has 0 radical (unpaired) electrons. The van der Waals surface area contributed by atoms with Gasteiger partial charge in [-0.1, -0.05) is 0 Å². The van der Waals surface area contributed by atoms with Crippen LogP contribution in [-0.4, -0.2) is 43.0 Å². The number of carbonyl (C=O) groups is 1. The number of rotatable bonds is 6. The molecule has 0 bridgehead atoms. The average Bonchev–Trinajstić information content (AvgIpc) is 2.02. The number of nitrogens with one attached hydrogen (secondary N) is 1. The van der Waals surface area contributed by atoms with Crippen LogP contribution in [0, 0.1) is 11.3 Å². The normalized spacial score (nSPS) is 13.1. The summed E-state index contributed by atoms with van der Waals surface area (Å²) in [4.78, 5) is 10.5. The highest BCUT2D eigenvalue weighted by Crippen LogP contribution is 1.95. The zero-order valence-electron chi connectivity index (χ0n) is 7.17. The van der Waals surface area contributed by atoms with E-state index in [0.29, 0.717) is 0 Å². The van der Waals surface area contributed by atoms with Crippen LogP contribution in [-0.2, 0) is 14.8 Å². The number of aliphatic hydroxyl groups is 1. The minimum atomic E-state index is -3.90. The number of hydrogen-bond donors (Lipinski definition) is 3. The van der Waals surface area contributed by atoms with Gasteiger partial charge < -0.3 is 10.2 Å². The molecule has 8 heteroatoms. The summed E-state index contributed by atoms with van der Waals surface area (Å²) in [5, 5.41) is 25.1. The van der Waals surface area contributed by atoms with Crippen molar-refractivity contribution in [2.75, 3.05) is 12.4 Å². The van der Waals surface area contributed by atoms with E-state index in [9.17, 15) is 13.2 Å². The van der Waals surface area contributed by atoms with Gasteiger partial charge in [0.1, 0.15) is 6.04 Å². The van der Waals surface area contributed by atoms with Crippen LogP contribution in [0.2, 0.25) is 0 Å². The smallest absolute Gasteiger partial charge is 0.321 e. The van der Waals surface area contributed by atoms with Crippen LogP contribution in [0.25, 0.3) is 0 Å². The lowest BCUT2D eigenvalue weighted by Gasteiger charge is -2.11. The predicted molar refractivity (Wildman–Crippen MR) is 45.7 cm³/mol. The van der Waals surface area contributed by atoms with Crippen LogP contribution in [0.1, 0.15) is 6.42 Å². The molecule has 14 heavy (non-hydrogen) atoms. The van der Waals surface area contributed by atoms with Gasteiger partial charge in [0.15, 0.2) is 5.75 Å². The fourth-order valence-electron chi connectivity index (χ4n) is 0.705. The Balaban J connectivity index is 4.46. The SMILES string of the molecule is N#CCS(=O)(=O)N[C@H](CCO)C(=O)O. The quantitative estimate of drug-likeness (QED) is 0.489. The zero-order valence-corrected chi connectivity index (χ0v) is 7.99. The van der Waals surface area contributed by atoms with E-state index in [-0.39, 0.29) is 6.42 Å². The Labute approximate surface area is 81.0 Å². The second-order valence-electron chi connectivity index (χ2n) is 2.44. The summed E-state index contributed by atoms with van der Waals surface area (Å²) in [6.45, 7) is -0.452. The molecule has 3 N–H and O–H groups in total. The van der Waals surface area contributed by atoms with Gasteiger partial charge >= 0.3 is 5.97 Å². The van der Waals surface area contributed by atoms with Gasteiger partial charge in [-0.2, -0.15) is 9.98 Å². The predicted octanol–water partition coefficient (Wildman–Crippen LogP) is -1.74. The lowest BCUT2D eigenvalue weighted by molar-refractivity contribution is -0.139. The molecular formula is C6H10N2O5S. The van der Waals surface area contributed by atoms with Gasteiger partial charge in [-0.15, -0.1) is 0 Å². The molecule has 0 amide bonds. The number of aliphatic hydroxyl groups excluding tert-OH is 1. The topological polar surface area (TPSA) is 127 Å². The van der Waals surface area contributed by atoms with Crippen molar-refractivity contribution in [1.29, 1.82) is 5.26 Å². The highest BCUT2D eigenvalue weighted by molar-refractivity contribution is 7.89. The molecule has 0 saturated heterocycles. The van der Waals surface area contributed by atoms with Gasteiger partial charge in [0.25, 0.3) is 0 Å². The van der Waals surface area contributed by atoms with Crippen LogP contribution in [0.3, 0.4) is 0 Å². The standard InChI is InChI=1S/C6H10N2O5S/c7-2-4-14(12,13)8-5(1-3-9)6(10)11/h5,8-9H,1,3-4H2,(H,10,11)/t5-/m1/s1. The largest absolute Gasteiger partial charge is 0.480 e. The molecule has 0 heterocycles. The molecule has 0 aromatic heterocycles. The van der Waals surface area contributed by atoms with Crippen LogP contribution in [0.15, 0.2) is 0 Å². The summed E-state index contributed by atoms with van der Waals surface area (Å²) in [6.07, 6.45) is -0.236. The minimum absolute atomic E-state index is 0.236. The number of carboxylic acids is 1. The van der Waals surface area contributed by atoms with Gasteiger partial charge in [-0.05, 0) is 6.42 Å². The zero-order chi connectivity index (χ0) is 11.2. The molecule has 7 nitrogen and oxygen atoms in total. The van der Waals surface area contributed by atoms with Crippen molar-refractivity contribution in [1.82, 2.24) is 4.72 Å². The van der Waals surface area contributed by atoms with Crippen LogP contribution in [0.4, 0.5) is 0 Å². The van der Waals surface area contributed by atoms with Gasteiger partial charge in [-0.25, -0.2) is 8.42 Å². The Kier molecular flexibility index (Phi) is 5.07.